The number of likely N-dealkylation sites (tertiary alicyclic amines) is 1. The summed E-state index contributed by atoms with van der Waals surface area (Å²) in [5.41, 5.74) is 0. The predicted octanol–water partition coefficient (Wildman–Crippen LogP) is 1.32. The second-order valence-electron chi connectivity index (χ2n) is 4.07. The van der Waals surface area contributed by atoms with Crippen molar-refractivity contribution in [3.63, 3.8) is 0 Å². The lowest BCUT2D eigenvalue weighted by molar-refractivity contribution is -0.151. The van der Waals surface area contributed by atoms with E-state index < -0.39 is 6.04 Å². The number of esters is 1. The fourth-order valence-electron chi connectivity index (χ4n) is 1.99. The molecule has 4 nitrogen and oxygen atoms in total. The summed E-state index contributed by atoms with van der Waals surface area (Å²) in [7, 11) is 1.36. The molecule has 0 aliphatic carbocycles. The summed E-state index contributed by atoms with van der Waals surface area (Å²) in [6.45, 7) is 4.28. The number of thioether (sulfide) groups is 1. The normalized spacial score (nSPS) is 21.4. The molecule has 0 radical (unpaired) electrons. The van der Waals surface area contributed by atoms with Gasteiger partial charge in [-0.3, -0.25) is 4.79 Å². The zero-order valence-corrected chi connectivity index (χ0v) is 11.2. The molecule has 2 atom stereocenters. The van der Waals surface area contributed by atoms with E-state index >= 15 is 0 Å². The lowest BCUT2D eigenvalue weighted by atomic mass is 10.1. The van der Waals surface area contributed by atoms with E-state index in [2.05, 4.69) is 6.58 Å². The maximum atomic E-state index is 11.8. The Morgan fingerprint density at radius 3 is 2.94 bits per heavy atom. The predicted molar refractivity (Wildman–Crippen MR) is 68.8 cm³/mol. The average molecular weight is 257 g/mol. The van der Waals surface area contributed by atoms with Crippen molar-refractivity contribution in [3.8, 4) is 0 Å². The van der Waals surface area contributed by atoms with Crippen LogP contribution in [0.4, 0.5) is 0 Å². The molecule has 1 saturated heterocycles. The van der Waals surface area contributed by atoms with Crippen LogP contribution in [0.15, 0.2) is 12.7 Å². The molecule has 2 unspecified atom stereocenters. The molecule has 0 aromatic heterocycles. The van der Waals surface area contributed by atoms with Gasteiger partial charge in [0.05, 0.1) is 7.11 Å². The van der Waals surface area contributed by atoms with Crippen LogP contribution in [-0.4, -0.2) is 48.5 Å². The van der Waals surface area contributed by atoms with Crippen LogP contribution in [0.3, 0.4) is 0 Å². The standard InChI is InChI=1S/C12H19NO3S/c1-4-9-7-11(14)13(8-9)10(5-6-17-3)12(15)16-2/h4,9-10H,1,5-8H2,2-3H3. The fourth-order valence-corrected chi connectivity index (χ4v) is 2.44. The van der Waals surface area contributed by atoms with E-state index in [1.807, 2.05) is 6.26 Å². The lowest BCUT2D eigenvalue weighted by Crippen LogP contribution is -2.43. The molecule has 0 aromatic carbocycles. The van der Waals surface area contributed by atoms with Crippen LogP contribution in [0.2, 0.25) is 0 Å². The highest BCUT2D eigenvalue weighted by atomic mass is 32.2. The van der Waals surface area contributed by atoms with Crippen LogP contribution in [0, 0.1) is 5.92 Å². The molecular weight excluding hydrogens is 238 g/mol. The summed E-state index contributed by atoms with van der Waals surface area (Å²) in [5, 5.41) is 0. The molecule has 0 N–H and O–H groups in total. The van der Waals surface area contributed by atoms with Crippen LogP contribution in [0.25, 0.3) is 0 Å². The zero-order valence-electron chi connectivity index (χ0n) is 10.3. The van der Waals surface area contributed by atoms with E-state index in [-0.39, 0.29) is 17.8 Å². The summed E-state index contributed by atoms with van der Waals surface area (Å²) in [6.07, 6.45) is 4.85. The molecular formula is C12H19NO3S. The fraction of sp³-hybridized carbons (Fsp3) is 0.667. The first-order valence-electron chi connectivity index (χ1n) is 5.62. The molecule has 1 amide bonds. The van der Waals surface area contributed by atoms with Crippen LogP contribution in [0.5, 0.6) is 0 Å². The Labute approximate surface area is 106 Å². The van der Waals surface area contributed by atoms with Crippen molar-refractivity contribution in [1.29, 1.82) is 0 Å². The highest BCUT2D eigenvalue weighted by molar-refractivity contribution is 7.98. The number of amides is 1. The van der Waals surface area contributed by atoms with E-state index in [0.717, 1.165) is 5.75 Å². The van der Waals surface area contributed by atoms with E-state index in [4.69, 9.17) is 4.74 Å². The number of hydrogen-bond donors (Lipinski definition) is 0. The molecule has 17 heavy (non-hydrogen) atoms. The maximum absolute atomic E-state index is 11.8. The lowest BCUT2D eigenvalue weighted by Gasteiger charge is -2.25. The van der Waals surface area contributed by atoms with E-state index in [1.54, 1.807) is 22.7 Å². The molecule has 1 fully saturated rings. The molecule has 1 heterocycles. The molecule has 5 heteroatoms. The molecule has 0 saturated carbocycles. The zero-order chi connectivity index (χ0) is 12.8. The van der Waals surface area contributed by atoms with Crippen molar-refractivity contribution in [2.24, 2.45) is 5.92 Å². The van der Waals surface area contributed by atoms with Crippen molar-refractivity contribution in [3.05, 3.63) is 12.7 Å². The minimum atomic E-state index is -0.440. The summed E-state index contributed by atoms with van der Waals surface area (Å²) in [5.74, 6) is 0.690. The summed E-state index contributed by atoms with van der Waals surface area (Å²) >= 11 is 1.66. The van der Waals surface area contributed by atoms with E-state index in [1.165, 1.54) is 7.11 Å². The number of methoxy groups -OCH3 is 1. The van der Waals surface area contributed by atoms with Crippen molar-refractivity contribution < 1.29 is 14.3 Å². The third-order valence-electron chi connectivity index (χ3n) is 2.97. The quantitative estimate of drug-likeness (QED) is 0.532. The summed E-state index contributed by atoms with van der Waals surface area (Å²) in [4.78, 5) is 25.2. The third kappa shape index (κ3) is 3.49. The first-order valence-corrected chi connectivity index (χ1v) is 7.02. The van der Waals surface area contributed by atoms with Crippen LogP contribution in [-0.2, 0) is 14.3 Å². The monoisotopic (exact) mass is 257 g/mol. The van der Waals surface area contributed by atoms with E-state index in [0.29, 0.717) is 19.4 Å². The Bertz CT molecular complexity index is 306. The highest BCUT2D eigenvalue weighted by Gasteiger charge is 2.36. The summed E-state index contributed by atoms with van der Waals surface area (Å²) in [6, 6.07) is -0.440. The Kier molecular flexibility index (Phi) is 5.55. The third-order valence-corrected chi connectivity index (χ3v) is 3.61. The van der Waals surface area contributed by atoms with Crippen molar-refractivity contribution in [2.45, 2.75) is 18.9 Å². The van der Waals surface area contributed by atoms with Gasteiger partial charge in [0.15, 0.2) is 0 Å². The van der Waals surface area contributed by atoms with Gasteiger partial charge in [-0.25, -0.2) is 4.79 Å². The van der Waals surface area contributed by atoms with Gasteiger partial charge in [-0.2, -0.15) is 11.8 Å². The molecule has 96 valence electrons. The SMILES string of the molecule is C=CC1CC(=O)N(C(CCSC)C(=O)OC)C1. The van der Waals surface area contributed by atoms with Crippen molar-refractivity contribution >= 4 is 23.6 Å². The van der Waals surface area contributed by atoms with E-state index in [9.17, 15) is 9.59 Å². The van der Waals surface area contributed by atoms with Gasteiger partial charge < -0.3 is 9.64 Å². The molecule has 0 spiro atoms. The summed E-state index contributed by atoms with van der Waals surface area (Å²) < 4.78 is 4.77. The number of ether oxygens (including phenoxy) is 1. The number of carbonyl (C=O) groups excluding carboxylic acids is 2. The van der Waals surface area contributed by atoms with Gasteiger partial charge in [0.25, 0.3) is 0 Å². The molecule has 0 aromatic rings. The van der Waals surface area contributed by atoms with Gasteiger partial charge in [-0.15, -0.1) is 6.58 Å². The van der Waals surface area contributed by atoms with Gasteiger partial charge in [0, 0.05) is 18.9 Å². The van der Waals surface area contributed by atoms with Crippen LogP contribution < -0.4 is 0 Å². The number of nitrogens with zero attached hydrogens (tertiary/aromatic N) is 1. The number of carbonyl (C=O) groups is 2. The topological polar surface area (TPSA) is 46.6 Å². The van der Waals surface area contributed by atoms with Gasteiger partial charge >= 0.3 is 5.97 Å². The first-order chi connectivity index (χ1) is 8.13. The second kappa shape index (κ2) is 6.69. The minimum absolute atomic E-state index is 0.0198. The Morgan fingerprint density at radius 1 is 1.76 bits per heavy atom. The van der Waals surface area contributed by atoms with Crippen molar-refractivity contribution in [2.75, 3.05) is 25.7 Å². The Hall–Kier alpha value is -0.970. The van der Waals surface area contributed by atoms with Gasteiger partial charge in [0.2, 0.25) is 5.91 Å². The average Bonchev–Trinajstić information content (AvgIpc) is 2.71. The molecule has 0 bridgehead atoms. The maximum Gasteiger partial charge on any atom is 0.328 e. The van der Waals surface area contributed by atoms with Gasteiger partial charge in [-0.05, 0) is 18.4 Å². The molecule has 1 aliphatic heterocycles. The first kappa shape index (κ1) is 14.1. The largest absolute Gasteiger partial charge is 0.467 e. The van der Waals surface area contributed by atoms with Crippen molar-refractivity contribution in [1.82, 2.24) is 4.90 Å². The second-order valence-corrected chi connectivity index (χ2v) is 5.05. The number of rotatable bonds is 6. The molecule has 1 aliphatic rings. The smallest absolute Gasteiger partial charge is 0.328 e. The minimum Gasteiger partial charge on any atom is -0.467 e. The van der Waals surface area contributed by atoms with Gasteiger partial charge in [0.1, 0.15) is 6.04 Å². The van der Waals surface area contributed by atoms with Crippen LogP contribution in [0.1, 0.15) is 12.8 Å². The van der Waals surface area contributed by atoms with Crippen LogP contribution >= 0.6 is 11.8 Å². The Morgan fingerprint density at radius 2 is 2.47 bits per heavy atom. The van der Waals surface area contributed by atoms with Gasteiger partial charge in [-0.1, -0.05) is 6.08 Å². The highest BCUT2D eigenvalue weighted by Crippen LogP contribution is 2.23. The molecule has 1 rings (SSSR count). The Balaban J connectivity index is 2.72. The number of hydrogen-bond acceptors (Lipinski definition) is 4.